The van der Waals surface area contributed by atoms with Gasteiger partial charge in [-0.05, 0) is 54.5 Å². The van der Waals surface area contributed by atoms with Crippen LogP contribution in [0.4, 0.5) is 0 Å². The van der Waals surface area contributed by atoms with Gasteiger partial charge in [-0.3, -0.25) is 0 Å². The highest BCUT2D eigenvalue weighted by Crippen LogP contribution is 2.47. The summed E-state index contributed by atoms with van der Waals surface area (Å²) >= 11 is 0. The van der Waals surface area contributed by atoms with Crippen LogP contribution in [0.1, 0.15) is 36.6 Å². The number of aliphatic hydroxyl groups is 1. The van der Waals surface area contributed by atoms with Crippen molar-refractivity contribution in [1.29, 1.82) is 0 Å². The van der Waals surface area contributed by atoms with Crippen LogP contribution in [0.3, 0.4) is 0 Å². The monoisotopic (exact) mass is 393 g/mol. The predicted molar refractivity (Wildman–Crippen MR) is 115 cm³/mol. The number of phenolic OH excluding ortho intramolecular Hbond substituents is 1. The Morgan fingerprint density at radius 2 is 1.83 bits per heavy atom. The van der Waals surface area contributed by atoms with Crippen molar-refractivity contribution in [3.05, 3.63) is 53.1 Å². The Labute approximate surface area is 170 Å². The summed E-state index contributed by atoms with van der Waals surface area (Å²) in [5.41, 5.74) is 4.29. The van der Waals surface area contributed by atoms with Crippen LogP contribution >= 0.6 is 0 Å². The molecule has 4 rings (SSSR count). The first-order chi connectivity index (χ1) is 14.0. The lowest BCUT2D eigenvalue weighted by atomic mass is 9.85. The van der Waals surface area contributed by atoms with Gasteiger partial charge in [0.15, 0.2) is 0 Å². The van der Waals surface area contributed by atoms with Gasteiger partial charge in [-0.2, -0.15) is 0 Å². The number of benzene rings is 3. The average Bonchev–Trinajstić information content (AvgIpc) is 2.72. The molecule has 1 heterocycles. The number of methoxy groups -OCH3 is 2. The molecule has 5 nitrogen and oxygen atoms in total. The van der Waals surface area contributed by atoms with Crippen LogP contribution in [0.25, 0.3) is 21.9 Å². The lowest BCUT2D eigenvalue weighted by Crippen LogP contribution is -2.36. The minimum absolute atomic E-state index is 0.0466. The van der Waals surface area contributed by atoms with Crippen molar-refractivity contribution in [2.24, 2.45) is 0 Å². The summed E-state index contributed by atoms with van der Waals surface area (Å²) in [6.07, 6.45) is 0.873. The van der Waals surface area contributed by atoms with Crippen molar-refractivity contribution in [2.75, 3.05) is 14.2 Å². The van der Waals surface area contributed by atoms with E-state index in [2.05, 4.69) is 25.2 Å². The second-order valence-electron chi connectivity index (χ2n) is 7.68. The molecule has 0 bridgehead atoms. The highest BCUT2D eigenvalue weighted by atomic mass is 16.5. The van der Waals surface area contributed by atoms with Crippen LogP contribution < -0.4 is 14.8 Å². The number of aromatic hydroxyl groups is 1. The number of rotatable bonds is 4. The minimum Gasteiger partial charge on any atom is -0.507 e. The van der Waals surface area contributed by atoms with Crippen molar-refractivity contribution in [3.63, 3.8) is 0 Å². The molecule has 0 amide bonds. The lowest BCUT2D eigenvalue weighted by Gasteiger charge is -2.31. The molecule has 5 heteroatoms. The van der Waals surface area contributed by atoms with Gasteiger partial charge < -0.3 is 25.0 Å². The van der Waals surface area contributed by atoms with E-state index in [1.54, 1.807) is 14.2 Å². The number of hydrogen-bond acceptors (Lipinski definition) is 5. The van der Waals surface area contributed by atoms with E-state index >= 15 is 0 Å². The minimum atomic E-state index is -0.166. The molecule has 3 aromatic rings. The van der Waals surface area contributed by atoms with Crippen LogP contribution in [-0.4, -0.2) is 30.5 Å². The molecule has 1 aliphatic rings. The number of hydrogen-bond donors (Lipinski definition) is 3. The molecule has 0 unspecified atom stereocenters. The molecule has 0 radical (unpaired) electrons. The molecule has 2 atom stereocenters. The fourth-order valence-corrected chi connectivity index (χ4v) is 4.65. The summed E-state index contributed by atoms with van der Waals surface area (Å²) < 4.78 is 11.2. The number of phenols is 1. The van der Waals surface area contributed by atoms with Gasteiger partial charge in [0.25, 0.3) is 0 Å². The van der Waals surface area contributed by atoms with Crippen molar-refractivity contribution in [2.45, 2.75) is 39.0 Å². The van der Waals surface area contributed by atoms with Crippen LogP contribution in [0.2, 0.25) is 0 Å². The standard InChI is InChI=1S/C24H27NO4/c1-13-10-15-8-9-18(24(27)21(15)14(2)25-13)22-16(12-26)11-20(29-4)23-17(22)6-5-7-19(23)28-3/h5-9,11,13-14,25-27H,10,12H2,1-4H3/t13-,14-/m0/s1. The molecule has 29 heavy (non-hydrogen) atoms. The van der Waals surface area contributed by atoms with Gasteiger partial charge >= 0.3 is 0 Å². The van der Waals surface area contributed by atoms with E-state index in [1.807, 2.05) is 30.3 Å². The Bertz CT molecular complexity index is 1080. The Hall–Kier alpha value is -2.76. The van der Waals surface area contributed by atoms with Crippen LogP contribution in [0.15, 0.2) is 36.4 Å². The molecule has 152 valence electrons. The molecule has 0 fully saturated rings. The summed E-state index contributed by atoms with van der Waals surface area (Å²) in [6.45, 7) is 4.05. The maximum absolute atomic E-state index is 11.3. The molecule has 0 spiro atoms. The SMILES string of the molecule is COc1cccc2c(-c3ccc4c(c3O)[C@H](C)N[C@@H](C)C4)c(CO)cc(OC)c12. The first-order valence-corrected chi connectivity index (χ1v) is 9.88. The van der Waals surface area contributed by atoms with E-state index in [-0.39, 0.29) is 18.4 Å². The van der Waals surface area contributed by atoms with Crippen molar-refractivity contribution >= 4 is 10.8 Å². The zero-order valence-corrected chi connectivity index (χ0v) is 17.2. The van der Waals surface area contributed by atoms with Gasteiger partial charge in [0.05, 0.1) is 26.2 Å². The summed E-state index contributed by atoms with van der Waals surface area (Å²) in [7, 11) is 3.23. The largest absolute Gasteiger partial charge is 0.507 e. The summed E-state index contributed by atoms with van der Waals surface area (Å²) in [4.78, 5) is 0. The molecule has 0 aliphatic carbocycles. The molecular weight excluding hydrogens is 366 g/mol. The quantitative estimate of drug-likeness (QED) is 0.616. The van der Waals surface area contributed by atoms with Gasteiger partial charge in [-0.25, -0.2) is 0 Å². The fourth-order valence-electron chi connectivity index (χ4n) is 4.65. The van der Waals surface area contributed by atoms with E-state index < -0.39 is 0 Å². The zero-order chi connectivity index (χ0) is 20.7. The third-order valence-electron chi connectivity index (χ3n) is 5.85. The lowest BCUT2D eigenvalue weighted by molar-refractivity contribution is 0.281. The van der Waals surface area contributed by atoms with Crippen molar-refractivity contribution in [3.8, 4) is 28.4 Å². The molecular formula is C24H27NO4. The third kappa shape index (κ3) is 3.11. The van der Waals surface area contributed by atoms with Crippen LogP contribution in [0, 0.1) is 0 Å². The van der Waals surface area contributed by atoms with Crippen LogP contribution in [0.5, 0.6) is 17.2 Å². The van der Waals surface area contributed by atoms with Gasteiger partial charge in [-0.15, -0.1) is 0 Å². The van der Waals surface area contributed by atoms with Gasteiger partial charge in [0.1, 0.15) is 17.2 Å². The van der Waals surface area contributed by atoms with E-state index in [9.17, 15) is 10.2 Å². The second kappa shape index (κ2) is 7.58. The van der Waals surface area contributed by atoms with Gasteiger partial charge in [0, 0.05) is 23.2 Å². The average molecular weight is 393 g/mol. The van der Waals surface area contributed by atoms with Crippen LogP contribution in [-0.2, 0) is 13.0 Å². The number of ether oxygens (including phenoxy) is 2. The summed E-state index contributed by atoms with van der Waals surface area (Å²) in [5, 5.41) is 26.6. The Morgan fingerprint density at radius 3 is 2.52 bits per heavy atom. The maximum atomic E-state index is 11.3. The number of nitrogens with one attached hydrogen (secondary N) is 1. The predicted octanol–water partition coefficient (Wildman–Crippen LogP) is 4.32. The molecule has 3 aromatic carbocycles. The Balaban J connectivity index is 2.06. The highest BCUT2D eigenvalue weighted by molar-refractivity contribution is 6.05. The summed E-state index contributed by atoms with van der Waals surface area (Å²) in [5.74, 6) is 1.58. The normalized spacial score (nSPS) is 18.5. The highest BCUT2D eigenvalue weighted by Gasteiger charge is 2.27. The first kappa shape index (κ1) is 19.6. The maximum Gasteiger partial charge on any atom is 0.130 e. The van der Waals surface area contributed by atoms with E-state index in [0.717, 1.165) is 33.9 Å². The Morgan fingerprint density at radius 1 is 1.07 bits per heavy atom. The van der Waals surface area contributed by atoms with E-state index in [1.165, 1.54) is 0 Å². The molecule has 1 aliphatic heterocycles. The third-order valence-corrected chi connectivity index (χ3v) is 5.85. The van der Waals surface area contributed by atoms with E-state index in [0.29, 0.717) is 28.7 Å². The van der Waals surface area contributed by atoms with Gasteiger partial charge in [-0.1, -0.05) is 24.3 Å². The smallest absolute Gasteiger partial charge is 0.130 e. The Kier molecular flexibility index (Phi) is 5.11. The van der Waals surface area contributed by atoms with Crippen molar-refractivity contribution in [1.82, 2.24) is 5.32 Å². The number of fused-ring (bicyclic) bond motifs is 2. The fraction of sp³-hybridized carbons (Fsp3) is 0.333. The zero-order valence-electron chi connectivity index (χ0n) is 17.2. The first-order valence-electron chi connectivity index (χ1n) is 9.88. The van der Waals surface area contributed by atoms with E-state index in [4.69, 9.17) is 9.47 Å². The second-order valence-corrected chi connectivity index (χ2v) is 7.68. The molecule has 0 aromatic heterocycles. The topological polar surface area (TPSA) is 71.0 Å². The summed E-state index contributed by atoms with van der Waals surface area (Å²) in [6, 6.07) is 12.0. The molecule has 0 saturated carbocycles. The molecule has 3 N–H and O–H groups in total. The van der Waals surface area contributed by atoms with Crippen molar-refractivity contribution < 1.29 is 19.7 Å². The number of aliphatic hydroxyl groups excluding tert-OH is 1. The van der Waals surface area contributed by atoms with Gasteiger partial charge in [0.2, 0.25) is 0 Å². The molecule has 0 saturated heterocycles.